The van der Waals surface area contributed by atoms with Gasteiger partial charge in [-0.1, -0.05) is 30.3 Å². The largest absolute Gasteiger partial charge is 0.352 e. The van der Waals surface area contributed by atoms with E-state index in [0.717, 1.165) is 39.1 Å². The van der Waals surface area contributed by atoms with Crippen LogP contribution in [0.1, 0.15) is 35.2 Å². The van der Waals surface area contributed by atoms with Crippen molar-refractivity contribution in [1.82, 2.24) is 15.1 Å². The highest BCUT2D eigenvalue weighted by Crippen LogP contribution is 2.10. The Balaban J connectivity index is 1.36. The fourth-order valence-corrected chi connectivity index (χ4v) is 3.95. The maximum atomic E-state index is 12.5. The van der Waals surface area contributed by atoms with Crippen molar-refractivity contribution < 1.29 is 9.59 Å². The molecule has 1 aromatic heterocycles. The molecule has 1 saturated heterocycles. The van der Waals surface area contributed by atoms with Gasteiger partial charge >= 0.3 is 0 Å². The van der Waals surface area contributed by atoms with E-state index in [9.17, 15) is 9.59 Å². The second-order valence-electron chi connectivity index (χ2n) is 6.87. The molecular formula is C21H27N3O2S. The van der Waals surface area contributed by atoms with E-state index in [1.54, 1.807) is 0 Å². The molecule has 1 fully saturated rings. The molecule has 6 heteroatoms. The van der Waals surface area contributed by atoms with E-state index in [2.05, 4.69) is 34.5 Å². The molecule has 0 unspecified atom stereocenters. The molecule has 0 aliphatic carbocycles. The Labute approximate surface area is 165 Å². The van der Waals surface area contributed by atoms with Crippen LogP contribution >= 0.6 is 11.3 Å². The highest BCUT2D eigenvalue weighted by molar-refractivity contribution is 7.08. The number of benzene rings is 1. The predicted molar refractivity (Wildman–Crippen MR) is 109 cm³/mol. The molecule has 3 rings (SSSR count). The average molecular weight is 386 g/mol. The first-order valence-corrected chi connectivity index (χ1v) is 10.5. The Kier molecular flexibility index (Phi) is 7.42. The minimum Gasteiger partial charge on any atom is -0.352 e. The van der Waals surface area contributed by atoms with Gasteiger partial charge in [-0.05, 0) is 29.9 Å². The summed E-state index contributed by atoms with van der Waals surface area (Å²) in [5.41, 5.74) is 2.01. The van der Waals surface area contributed by atoms with Crippen LogP contribution in [0, 0.1) is 0 Å². The topological polar surface area (TPSA) is 52.7 Å². The Morgan fingerprint density at radius 1 is 1.04 bits per heavy atom. The molecule has 0 bridgehead atoms. The van der Waals surface area contributed by atoms with Gasteiger partial charge in [0.05, 0.1) is 0 Å². The van der Waals surface area contributed by atoms with Gasteiger partial charge in [0.15, 0.2) is 0 Å². The summed E-state index contributed by atoms with van der Waals surface area (Å²) in [4.78, 5) is 28.8. The van der Waals surface area contributed by atoms with Crippen LogP contribution in [0.2, 0.25) is 0 Å². The zero-order valence-corrected chi connectivity index (χ0v) is 16.4. The zero-order valence-electron chi connectivity index (χ0n) is 15.6. The molecule has 1 aliphatic rings. The first-order chi connectivity index (χ1) is 13.2. The van der Waals surface area contributed by atoms with Crippen molar-refractivity contribution in [2.75, 3.05) is 32.7 Å². The van der Waals surface area contributed by atoms with Crippen molar-refractivity contribution in [2.24, 2.45) is 0 Å². The first-order valence-electron chi connectivity index (χ1n) is 9.57. The molecule has 2 aromatic rings. The normalized spacial score (nSPS) is 15.3. The van der Waals surface area contributed by atoms with Crippen LogP contribution < -0.4 is 5.32 Å². The second-order valence-corrected chi connectivity index (χ2v) is 7.65. The fourth-order valence-electron chi connectivity index (χ4n) is 3.32. The SMILES string of the molecule is O=C(NCCCC(=O)N1CCCN(Cc2ccccc2)CC1)c1ccsc1. The van der Waals surface area contributed by atoms with Gasteiger partial charge in [0.2, 0.25) is 5.91 Å². The number of rotatable bonds is 7. The Morgan fingerprint density at radius 2 is 1.89 bits per heavy atom. The molecule has 1 N–H and O–H groups in total. The number of carbonyl (C=O) groups is 2. The summed E-state index contributed by atoms with van der Waals surface area (Å²) in [5.74, 6) is 0.136. The van der Waals surface area contributed by atoms with Gasteiger partial charge in [0.1, 0.15) is 0 Å². The molecule has 2 amide bonds. The molecule has 27 heavy (non-hydrogen) atoms. The van der Waals surface area contributed by atoms with Crippen LogP contribution in [0.4, 0.5) is 0 Å². The minimum atomic E-state index is -0.0602. The number of carbonyl (C=O) groups excluding carboxylic acids is 2. The van der Waals surface area contributed by atoms with Crippen molar-refractivity contribution in [1.29, 1.82) is 0 Å². The van der Waals surface area contributed by atoms with Crippen LogP contribution in [-0.4, -0.2) is 54.3 Å². The molecule has 0 spiro atoms. The van der Waals surface area contributed by atoms with Crippen molar-refractivity contribution in [2.45, 2.75) is 25.8 Å². The minimum absolute atomic E-state index is 0.0602. The summed E-state index contributed by atoms with van der Waals surface area (Å²) < 4.78 is 0. The van der Waals surface area contributed by atoms with E-state index in [0.29, 0.717) is 24.9 Å². The molecule has 2 heterocycles. The molecule has 5 nitrogen and oxygen atoms in total. The molecule has 0 radical (unpaired) electrons. The van der Waals surface area contributed by atoms with Gasteiger partial charge in [0, 0.05) is 56.6 Å². The molecule has 144 valence electrons. The van der Waals surface area contributed by atoms with Crippen LogP contribution in [0.15, 0.2) is 47.2 Å². The van der Waals surface area contributed by atoms with Crippen LogP contribution in [0.5, 0.6) is 0 Å². The van der Waals surface area contributed by atoms with E-state index in [-0.39, 0.29) is 11.8 Å². The third kappa shape index (κ3) is 6.19. The Bertz CT molecular complexity index is 718. The second kappa shape index (κ2) is 10.2. The number of thiophene rings is 1. The van der Waals surface area contributed by atoms with E-state index in [4.69, 9.17) is 0 Å². The summed E-state index contributed by atoms with van der Waals surface area (Å²) in [6.07, 6.45) is 2.18. The molecule has 1 aromatic carbocycles. The predicted octanol–water partition coefficient (Wildman–Crippen LogP) is 2.99. The number of nitrogens with one attached hydrogen (secondary N) is 1. The van der Waals surface area contributed by atoms with E-state index < -0.39 is 0 Å². The van der Waals surface area contributed by atoms with Gasteiger partial charge in [-0.15, -0.1) is 0 Å². The summed E-state index contributed by atoms with van der Waals surface area (Å²) in [7, 11) is 0. The Morgan fingerprint density at radius 3 is 2.67 bits per heavy atom. The Hall–Kier alpha value is -2.18. The van der Waals surface area contributed by atoms with Crippen molar-refractivity contribution >= 4 is 23.2 Å². The van der Waals surface area contributed by atoms with Crippen LogP contribution in [-0.2, 0) is 11.3 Å². The average Bonchev–Trinajstić information content (AvgIpc) is 3.13. The highest BCUT2D eigenvalue weighted by atomic mass is 32.1. The van der Waals surface area contributed by atoms with Gasteiger partial charge in [-0.3, -0.25) is 14.5 Å². The molecule has 0 saturated carbocycles. The summed E-state index contributed by atoms with van der Waals surface area (Å²) in [6.45, 7) is 5.02. The lowest BCUT2D eigenvalue weighted by atomic mass is 10.2. The summed E-state index contributed by atoms with van der Waals surface area (Å²) in [6, 6.07) is 12.3. The number of nitrogens with zero attached hydrogens (tertiary/aromatic N) is 2. The summed E-state index contributed by atoms with van der Waals surface area (Å²) in [5, 5.41) is 6.60. The number of hydrogen-bond donors (Lipinski definition) is 1. The maximum absolute atomic E-state index is 12.5. The highest BCUT2D eigenvalue weighted by Gasteiger charge is 2.19. The van der Waals surface area contributed by atoms with Gasteiger partial charge < -0.3 is 10.2 Å². The molecule has 0 atom stereocenters. The smallest absolute Gasteiger partial charge is 0.252 e. The van der Waals surface area contributed by atoms with E-state index in [1.165, 1.54) is 16.9 Å². The standard InChI is InChI=1S/C21H27N3O2S/c25-20(8-4-10-22-21(26)19-9-15-27-17-19)24-12-5-11-23(13-14-24)16-18-6-2-1-3-7-18/h1-3,6-7,9,15,17H,4-5,8,10-14,16H2,(H,22,26). The fraction of sp³-hybridized carbons (Fsp3) is 0.429. The lowest BCUT2D eigenvalue weighted by molar-refractivity contribution is -0.131. The van der Waals surface area contributed by atoms with E-state index in [1.807, 2.05) is 27.8 Å². The molecular weight excluding hydrogens is 358 g/mol. The van der Waals surface area contributed by atoms with Crippen molar-refractivity contribution in [3.63, 3.8) is 0 Å². The van der Waals surface area contributed by atoms with Crippen LogP contribution in [0.3, 0.4) is 0 Å². The third-order valence-corrected chi connectivity index (χ3v) is 5.51. The quantitative estimate of drug-likeness (QED) is 0.746. The van der Waals surface area contributed by atoms with Crippen molar-refractivity contribution in [3.8, 4) is 0 Å². The lowest BCUT2D eigenvalue weighted by Crippen LogP contribution is -2.35. The maximum Gasteiger partial charge on any atom is 0.252 e. The lowest BCUT2D eigenvalue weighted by Gasteiger charge is -2.22. The number of hydrogen-bond acceptors (Lipinski definition) is 4. The first kappa shape index (κ1) is 19.6. The monoisotopic (exact) mass is 385 g/mol. The zero-order chi connectivity index (χ0) is 18.9. The molecule has 1 aliphatic heterocycles. The number of amides is 2. The van der Waals surface area contributed by atoms with Crippen molar-refractivity contribution in [3.05, 3.63) is 58.3 Å². The summed E-state index contributed by atoms with van der Waals surface area (Å²) >= 11 is 1.51. The van der Waals surface area contributed by atoms with Gasteiger partial charge in [0.25, 0.3) is 5.91 Å². The van der Waals surface area contributed by atoms with Gasteiger partial charge in [-0.2, -0.15) is 11.3 Å². The van der Waals surface area contributed by atoms with E-state index >= 15 is 0 Å². The van der Waals surface area contributed by atoms with Gasteiger partial charge in [-0.25, -0.2) is 0 Å². The van der Waals surface area contributed by atoms with Crippen LogP contribution in [0.25, 0.3) is 0 Å². The third-order valence-electron chi connectivity index (χ3n) is 4.83.